The van der Waals surface area contributed by atoms with Crippen LogP contribution in [-0.4, -0.2) is 56.2 Å². The Hall–Kier alpha value is -2.37. The first-order chi connectivity index (χ1) is 12.7. The fourth-order valence-corrected chi connectivity index (χ4v) is 3.37. The number of likely N-dealkylation sites (N-methyl/N-ethyl adjacent to an activating group) is 1. The Morgan fingerprint density at radius 3 is 2.46 bits per heavy atom. The van der Waals surface area contributed by atoms with Crippen molar-refractivity contribution in [2.75, 3.05) is 40.5 Å². The molecule has 5 nitrogen and oxygen atoms in total. The summed E-state index contributed by atoms with van der Waals surface area (Å²) < 4.78 is 10.9. The number of carbonyl (C=O) groups excluding carboxylic acids is 1. The van der Waals surface area contributed by atoms with E-state index in [2.05, 4.69) is 4.90 Å². The molecule has 5 heteroatoms. The van der Waals surface area contributed by atoms with E-state index in [0.717, 1.165) is 16.9 Å². The number of morpholine rings is 1. The molecule has 0 spiro atoms. The molecule has 2 aromatic carbocycles. The summed E-state index contributed by atoms with van der Waals surface area (Å²) in [6.45, 7) is 3.11. The Morgan fingerprint density at radius 1 is 1.12 bits per heavy atom. The molecular weight excluding hydrogens is 328 g/mol. The first-order valence-electron chi connectivity index (χ1n) is 8.94. The minimum Gasteiger partial charge on any atom is -0.496 e. The van der Waals surface area contributed by atoms with E-state index in [4.69, 9.17) is 9.47 Å². The van der Waals surface area contributed by atoms with Crippen molar-refractivity contribution in [3.63, 3.8) is 0 Å². The van der Waals surface area contributed by atoms with Gasteiger partial charge in [0.2, 0.25) is 5.91 Å². The molecule has 3 rings (SSSR count). The van der Waals surface area contributed by atoms with Crippen LogP contribution >= 0.6 is 0 Å². The molecule has 1 fully saturated rings. The lowest BCUT2D eigenvalue weighted by molar-refractivity contribution is -0.141. The summed E-state index contributed by atoms with van der Waals surface area (Å²) in [6.07, 6.45) is 0. The number of carbonyl (C=O) groups is 1. The third-order valence-electron chi connectivity index (χ3n) is 4.73. The Labute approximate surface area is 155 Å². The van der Waals surface area contributed by atoms with Crippen LogP contribution in [0.25, 0.3) is 0 Å². The number of methoxy groups -OCH3 is 1. The molecule has 1 saturated heterocycles. The lowest BCUT2D eigenvalue weighted by atomic mass is 10.0. The number of hydrogen-bond acceptors (Lipinski definition) is 4. The fourth-order valence-electron chi connectivity index (χ4n) is 3.37. The van der Waals surface area contributed by atoms with E-state index in [1.165, 1.54) is 0 Å². The molecule has 0 aliphatic carbocycles. The smallest absolute Gasteiger partial charge is 0.244 e. The van der Waals surface area contributed by atoms with Crippen LogP contribution in [0.4, 0.5) is 0 Å². The topological polar surface area (TPSA) is 42.0 Å². The van der Waals surface area contributed by atoms with E-state index in [-0.39, 0.29) is 11.9 Å². The third-order valence-corrected chi connectivity index (χ3v) is 4.73. The van der Waals surface area contributed by atoms with E-state index >= 15 is 0 Å². The minimum absolute atomic E-state index is 0.122. The van der Waals surface area contributed by atoms with Gasteiger partial charge in [0.1, 0.15) is 11.8 Å². The Morgan fingerprint density at radius 2 is 1.77 bits per heavy atom. The van der Waals surface area contributed by atoms with E-state index < -0.39 is 0 Å². The second-order valence-electron chi connectivity index (χ2n) is 6.48. The van der Waals surface area contributed by atoms with Crippen LogP contribution in [0.15, 0.2) is 54.6 Å². The predicted molar refractivity (Wildman–Crippen MR) is 101 cm³/mol. The summed E-state index contributed by atoms with van der Waals surface area (Å²) in [7, 11) is 3.66. The Balaban J connectivity index is 1.86. The minimum atomic E-state index is -0.334. The van der Waals surface area contributed by atoms with Gasteiger partial charge in [-0.05, 0) is 18.7 Å². The summed E-state index contributed by atoms with van der Waals surface area (Å²) >= 11 is 0. The molecule has 1 aliphatic heterocycles. The molecular formula is C21H26N2O3. The number of benzene rings is 2. The third kappa shape index (κ3) is 4.23. The van der Waals surface area contributed by atoms with Gasteiger partial charge in [0, 0.05) is 25.2 Å². The largest absolute Gasteiger partial charge is 0.496 e. The highest BCUT2D eigenvalue weighted by Crippen LogP contribution is 2.27. The van der Waals surface area contributed by atoms with Crippen LogP contribution < -0.4 is 4.74 Å². The molecule has 26 heavy (non-hydrogen) atoms. The van der Waals surface area contributed by atoms with E-state index in [0.29, 0.717) is 32.8 Å². The number of rotatable bonds is 6. The second kappa shape index (κ2) is 8.83. The lowest BCUT2D eigenvalue weighted by Gasteiger charge is -2.34. The lowest BCUT2D eigenvalue weighted by Crippen LogP contribution is -2.46. The van der Waals surface area contributed by atoms with Crippen molar-refractivity contribution in [2.45, 2.75) is 12.6 Å². The first kappa shape index (κ1) is 18.4. The highest BCUT2D eigenvalue weighted by atomic mass is 16.5. The Kier molecular flexibility index (Phi) is 6.26. The quantitative estimate of drug-likeness (QED) is 0.800. The van der Waals surface area contributed by atoms with Crippen molar-refractivity contribution in [1.82, 2.24) is 9.80 Å². The fraction of sp³-hybridized carbons (Fsp3) is 0.381. The molecule has 1 atom stereocenters. The number of ether oxygens (including phenoxy) is 2. The van der Waals surface area contributed by atoms with E-state index in [1.54, 1.807) is 7.11 Å². The van der Waals surface area contributed by atoms with Crippen LogP contribution in [0.1, 0.15) is 17.2 Å². The highest BCUT2D eigenvalue weighted by Gasteiger charge is 2.30. The molecule has 0 N–H and O–H groups in total. The summed E-state index contributed by atoms with van der Waals surface area (Å²) in [4.78, 5) is 17.3. The summed E-state index contributed by atoms with van der Waals surface area (Å²) in [5, 5.41) is 0. The zero-order valence-corrected chi connectivity index (χ0v) is 15.4. The van der Waals surface area contributed by atoms with Gasteiger partial charge in [-0.25, -0.2) is 0 Å². The van der Waals surface area contributed by atoms with Crippen molar-refractivity contribution >= 4 is 5.91 Å². The van der Waals surface area contributed by atoms with Crippen molar-refractivity contribution < 1.29 is 14.3 Å². The molecule has 138 valence electrons. The van der Waals surface area contributed by atoms with Crippen LogP contribution in [0.5, 0.6) is 5.75 Å². The zero-order valence-electron chi connectivity index (χ0n) is 15.4. The number of hydrogen-bond donors (Lipinski definition) is 0. The second-order valence-corrected chi connectivity index (χ2v) is 6.48. The van der Waals surface area contributed by atoms with Crippen LogP contribution in [-0.2, 0) is 16.1 Å². The molecule has 0 radical (unpaired) electrons. The van der Waals surface area contributed by atoms with Crippen molar-refractivity contribution in [1.29, 1.82) is 0 Å². The molecule has 2 aromatic rings. The van der Waals surface area contributed by atoms with E-state index in [9.17, 15) is 4.79 Å². The predicted octanol–water partition coefficient (Wildman–Crippen LogP) is 2.73. The van der Waals surface area contributed by atoms with Crippen molar-refractivity contribution in [2.24, 2.45) is 0 Å². The van der Waals surface area contributed by atoms with Gasteiger partial charge in [-0.15, -0.1) is 0 Å². The average molecular weight is 354 g/mol. The number of amides is 1. The normalized spacial score (nSPS) is 15.7. The summed E-state index contributed by atoms with van der Waals surface area (Å²) in [5.74, 6) is 0.960. The van der Waals surface area contributed by atoms with E-state index in [1.807, 2.05) is 66.5 Å². The Bertz CT molecular complexity index is 714. The molecule has 0 unspecified atom stereocenters. The van der Waals surface area contributed by atoms with Crippen molar-refractivity contribution in [3.8, 4) is 5.75 Å². The molecule has 1 amide bonds. The van der Waals surface area contributed by atoms with Gasteiger partial charge in [-0.2, -0.15) is 0 Å². The van der Waals surface area contributed by atoms with Crippen LogP contribution in [0.3, 0.4) is 0 Å². The van der Waals surface area contributed by atoms with Gasteiger partial charge in [-0.1, -0.05) is 48.5 Å². The van der Waals surface area contributed by atoms with Gasteiger partial charge in [-0.3, -0.25) is 9.69 Å². The van der Waals surface area contributed by atoms with Gasteiger partial charge in [0.15, 0.2) is 0 Å². The maximum atomic E-state index is 13.3. The summed E-state index contributed by atoms with van der Waals surface area (Å²) in [5.41, 5.74) is 2.06. The maximum Gasteiger partial charge on any atom is 0.244 e. The van der Waals surface area contributed by atoms with Crippen LogP contribution in [0.2, 0.25) is 0 Å². The van der Waals surface area contributed by atoms with Gasteiger partial charge >= 0.3 is 0 Å². The monoisotopic (exact) mass is 354 g/mol. The van der Waals surface area contributed by atoms with Gasteiger partial charge in [0.05, 0.1) is 20.3 Å². The highest BCUT2D eigenvalue weighted by molar-refractivity contribution is 5.83. The van der Waals surface area contributed by atoms with Crippen LogP contribution in [0, 0.1) is 0 Å². The zero-order chi connectivity index (χ0) is 18.4. The molecule has 0 bridgehead atoms. The molecule has 0 aromatic heterocycles. The molecule has 0 saturated carbocycles. The average Bonchev–Trinajstić information content (AvgIpc) is 2.70. The number of para-hydroxylation sites is 1. The molecule has 1 aliphatic rings. The SMILES string of the molecule is COc1ccccc1CN(C)[C@H](C(=O)N1CCOCC1)c1ccccc1. The first-order valence-corrected chi connectivity index (χ1v) is 8.94. The van der Waals surface area contributed by atoms with Crippen molar-refractivity contribution in [3.05, 3.63) is 65.7 Å². The maximum absolute atomic E-state index is 13.3. The molecule has 1 heterocycles. The van der Waals surface area contributed by atoms with Gasteiger partial charge in [0.25, 0.3) is 0 Å². The van der Waals surface area contributed by atoms with Gasteiger partial charge < -0.3 is 14.4 Å². The summed E-state index contributed by atoms with van der Waals surface area (Å²) in [6, 6.07) is 17.6. The standard InChI is InChI=1S/C21H26N2O3/c1-22(16-18-10-6-7-11-19(18)25-2)20(17-8-4-3-5-9-17)21(24)23-12-14-26-15-13-23/h3-11,20H,12-16H2,1-2H3/t20-/m0/s1. The number of nitrogens with zero attached hydrogens (tertiary/aromatic N) is 2.